The predicted octanol–water partition coefficient (Wildman–Crippen LogP) is 5.93. The van der Waals surface area contributed by atoms with Crippen LogP contribution in [0.3, 0.4) is 0 Å². The van der Waals surface area contributed by atoms with Gasteiger partial charge in [-0.1, -0.05) is 23.7 Å². The molecule has 31 heavy (non-hydrogen) atoms. The minimum Gasteiger partial charge on any atom is -0.383 e. The summed E-state index contributed by atoms with van der Waals surface area (Å²) in [6.07, 6.45) is 1.31. The van der Waals surface area contributed by atoms with Gasteiger partial charge in [0.05, 0.1) is 22.5 Å². The number of carbonyl (C=O) groups excluding carboxylic acids is 1. The molecule has 1 unspecified atom stereocenters. The maximum absolute atomic E-state index is 14.7. The van der Waals surface area contributed by atoms with Crippen LogP contribution in [0.2, 0.25) is 5.02 Å². The fourth-order valence-electron chi connectivity index (χ4n) is 4.05. The van der Waals surface area contributed by atoms with Crippen LogP contribution >= 0.6 is 11.6 Å². The van der Waals surface area contributed by atoms with Crippen LogP contribution in [0.1, 0.15) is 47.3 Å². The van der Waals surface area contributed by atoms with Crippen molar-refractivity contribution in [2.24, 2.45) is 11.8 Å². The molecule has 8 heteroatoms. The first-order valence-corrected chi connectivity index (χ1v) is 10.8. The van der Waals surface area contributed by atoms with E-state index in [2.05, 4.69) is 10.3 Å². The van der Waals surface area contributed by atoms with Gasteiger partial charge in [0.1, 0.15) is 0 Å². The van der Waals surface area contributed by atoms with Crippen molar-refractivity contribution < 1.29 is 18.0 Å². The van der Waals surface area contributed by atoms with Crippen molar-refractivity contribution >= 4 is 23.2 Å². The fourth-order valence-corrected chi connectivity index (χ4v) is 4.27. The monoisotopic (exact) mass is 453 g/mol. The average molecular weight is 454 g/mol. The second-order valence-corrected chi connectivity index (χ2v) is 8.67. The largest absolute Gasteiger partial charge is 0.383 e. The molecule has 3 rings (SSSR count). The molecule has 2 aromatic rings. The number of pyridine rings is 1. The number of hydrogen-bond donors (Lipinski definition) is 2. The van der Waals surface area contributed by atoms with Gasteiger partial charge in [0.25, 0.3) is 5.91 Å². The summed E-state index contributed by atoms with van der Waals surface area (Å²) < 4.78 is 43.6. The van der Waals surface area contributed by atoms with Crippen molar-refractivity contribution in [1.29, 1.82) is 0 Å². The third kappa shape index (κ3) is 5.91. The lowest BCUT2D eigenvalue weighted by Gasteiger charge is -2.34. The Labute approximate surface area is 185 Å². The lowest BCUT2D eigenvalue weighted by Crippen LogP contribution is -2.51. The molecule has 1 aromatic heterocycles. The Hall–Kier alpha value is -2.28. The second-order valence-electron chi connectivity index (χ2n) is 8.26. The standard InChI is InChI=1S/C23H27ClF3N3O/c1-14-11-15(2)28-13-20(14)29-12-16-7-9-17(10-8-16)21(25)23(26,27)30-22(31)18-5-3-4-6-19(18)24/h3-6,11,13,16-17,21,29H,7-10,12H2,1-2H3,(H,30,31). The summed E-state index contributed by atoms with van der Waals surface area (Å²) in [5.41, 5.74) is 2.88. The Morgan fingerprint density at radius 1 is 1.23 bits per heavy atom. The van der Waals surface area contributed by atoms with Gasteiger partial charge in [-0.3, -0.25) is 15.1 Å². The van der Waals surface area contributed by atoms with Gasteiger partial charge in [-0.25, -0.2) is 4.39 Å². The highest BCUT2D eigenvalue weighted by Crippen LogP contribution is 2.37. The molecule has 0 bridgehead atoms. The van der Waals surface area contributed by atoms with Gasteiger partial charge in [0.15, 0.2) is 6.17 Å². The Morgan fingerprint density at radius 3 is 2.55 bits per heavy atom. The van der Waals surface area contributed by atoms with Gasteiger partial charge in [-0.05, 0) is 75.1 Å². The molecule has 1 amide bonds. The molecule has 4 nitrogen and oxygen atoms in total. The third-order valence-electron chi connectivity index (χ3n) is 5.88. The number of hydrogen-bond acceptors (Lipinski definition) is 3. The molecule has 0 aliphatic heterocycles. The van der Waals surface area contributed by atoms with Gasteiger partial charge in [0, 0.05) is 12.2 Å². The van der Waals surface area contributed by atoms with E-state index in [4.69, 9.17) is 11.6 Å². The van der Waals surface area contributed by atoms with E-state index in [1.807, 2.05) is 19.9 Å². The summed E-state index contributed by atoms with van der Waals surface area (Å²) in [5.74, 6) is -1.62. The van der Waals surface area contributed by atoms with Crippen molar-refractivity contribution in [3.8, 4) is 0 Å². The molecular weight excluding hydrogens is 427 g/mol. The van der Waals surface area contributed by atoms with Crippen molar-refractivity contribution in [2.45, 2.75) is 51.7 Å². The number of halogens is 4. The number of nitrogens with one attached hydrogen (secondary N) is 2. The number of rotatable bonds is 7. The van der Waals surface area contributed by atoms with Crippen LogP contribution < -0.4 is 10.6 Å². The molecule has 0 spiro atoms. The van der Waals surface area contributed by atoms with Gasteiger partial charge >= 0.3 is 6.05 Å². The summed E-state index contributed by atoms with van der Waals surface area (Å²) in [5, 5.41) is 4.93. The van der Waals surface area contributed by atoms with Crippen LogP contribution in [0.15, 0.2) is 36.5 Å². The molecule has 1 heterocycles. The molecule has 1 aliphatic carbocycles. The zero-order chi connectivity index (χ0) is 22.6. The summed E-state index contributed by atoms with van der Waals surface area (Å²) >= 11 is 5.87. The minimum absolute atomic E-state index is 0.0400. The van der Waals surface area contributed by atoms with Crippen LogP contribution in [0, 0.1) is 25.7 Å². The molecule has 1 aliphatic rings. The number of anilines is 1. The second kappa shape index (κ2) is 9.90. The normalized spacial score (nSPS) is 20.2. The molecule has 1 aromatic carbocycles. The minimum atomic E-state index is -3.96. The SMILES string of the molecule is Cc1cc(C)c(NCC2CCC(C(F)C(F)(F)NC(=O)c3ccccc3Cl)CC2)cn1. The maximum Gasteiger partial charge on any atom is 0.356 e. The van der Waals surface area contributed by atoms with Crippen LogP contribution in [-0.2, 0) is 0 Å². The van der Waals surface area contributed by atoms with E-state index >= 15 is 0 Å². The van der Waals surface area contributed by atoms with Crippen molar-refractivity contribution in [1.82, 2.24) is 10.3 Å². The molecule has 168 valence electrons. The first-order valence-electron chi connectivity index (χ1n) is 10.4. The Balaban J connectivity index is 1.51. The molecule has 0 radical (unpaired) electrons. The lowest BCUT2D eigenvalue weighted by atomic mass is 9.79. The number of nitrogens with zero attached hydrogens (tertiary/aromatic N) is 1. The quantitative estimate of drug-likeness (QED) is 0.511. The molecule has 2 N–H and O–H groups in total. The number of amides is 1. The zero-order valence-electron chi connectivity index (χ0n) is 17.6. The van der Waals surface area contributed by atoms with Gasteiger partial charge in [0.2, 0.25) is 0 Å². The van der Waals surface area contributed by atoms with E-state index in [9.17, 15) is 18.0 Å². The Kier molecular flexibility index (Phi) is 7.46. The smallest absolute Gasteiger partial charge is 0.356 e. The average Bonchev–Trinajstić information content (AvgIpc) is 2.73. The summed E-state index contributed by atoms with van der Waals surface area (Å²) in [6, 6.07) is 3.87. The Bertz CT molecular complexity index is 917. The summed E-state index contributed by atoms with van der Waals surface area (Å²) in [7, 11) is 0. The molecule has 1 saturated carbocycles. The maximum atomic E-state index is 14.7. The first kappa shape index (κ1) is 23.4. The number of carbonyl (C=O) groups is 1. The van der Waals surface area contributed by atoms with Crippen molar-refractivity contribution in [3.05, 3.63) is 58.4 Å². The van der Waals surface area contributed by atoms with Crippen LogP contribution in [0.25, 0.3) is 0 Å². The van der Waals surface area contributed by atoms with E-state index in [1.165, 1.54) is 23.5 Å². The van der Waals surface area contributed by atoms with Gasteiger partial charge < -0.3 is 5.32 Å². The van der Waals surface area contributed by atoms with E-state index in [0.717, 1.165) is 16.9 Å². The number of benzene rings is 1. The molecular formula is C23H27ClF3N3O. The molecule has 1 atom stereocenters. The van der Waals surface area contributed by atoms with Crippen molar-refractivity contribution in [3.63, 3.8) is 0 Å². The summed E-state index contributed by atoms with van der Waals surface area (Å²) in [4.78, 5) is 16.4. The van der Waals surface area contributed by atoms with Crippen LogP contribution in [0.4, 0.5) is 18.9 Å². The topological polar surface area (TPSA) is 54.0 Å². The van der Waals surface area contributed by atoms with Gasteiger partial charge in [-0.2, -0.15) is 8.78 Å². The van der Waals surface area contributed by atoms with Crippen LogP contribution in [0.5, 0.6) is 0 Å². The van der Waals surface area contributed by atoms with Gasteiger partial charge in [-0.15, -0.1) is 0 Å². The first-order chi connectivity index (χ1) is 14.7. The number of aromatic nitrogens is 1. The van der Waals surface area contributed by atoms with Crippen LogP contribution in [-0.4, -0.2) is 29.7 Å². The van der Waals surface area contributed by atoms with E-state index < -0.39 is 24.0 Å². The van der Waals surface area contributed by atoms with Crippen molar-refractivity contribution in [2.75, 3.05) is 11.9 Å². The highest BCUT2D eigenvalue weighted by Gasteiger charge is 2.47. The van der Waals surface area contributed by atoms with E-state index in [1.54, 1.807) is 12.3 Å². The summed E-state index contributed by atoms with van der Waals surface area (Å²) in [6.45, 7) is 4.62. The molecule has 1 fully saturated rings. The predicted molar refractivity (Wildman–Crippen MR) is 116 cm³/mol. The highest BCUT2D eigenvalue weighted by molar-refractivity contribution is 6.33. The number of alkyl halides is 3. The third-order valence-corrected chi connectivity index (χ3v) is 6.21. The zero-order valence-corrected chi connectivity index (χ0v) is 18.4. The Morgan fingerprint density at radius 2 is 1.90 bits per heavy atom. The number of aryl methyl sites for hydroxylation is 2. The van der Waals surface area contributed by atoms with E-state index in [-0.39, 0.29) is 16.5 Å². The lowest BCUT2D eigenvalue weighted by molar-refractivity contribution is -0.117. The van der Waals surface area contributed by atoms with E-state index in [0.29, 0.717) is 32.2 Å². The fraction of sp³-hybridized carbons (Fsp3) is 0.478. The molecule has 0 saturated heterocycles. The highest BCUT2D eigenvalue weighted by atomic mass is 35.5.